The van der Waals surface area contributed by atoms with Crippen LogP contribution in [0.4, 0.5) is 5.13 Å². The first-order valence-electron chi connectivity index (χ1n) is 8.99. The summed E-state index contributed by atoms with van der Waals surface area (Å²) in [5.74, 6) is -0.0180. The first-order valence-corrected chi connectivity index (χ1v) is 10.7. The number of thiazole rings is 1. The Hall–Kier alpha value is -1.73. The number of carbonyl (C=O) groups is 1. The molecule has 0 fully saturated rings. The molecule has 7 heteroatoms. The lowest BCUT2D eigenvalue weighted by atomic mass is 10.1. The summed E-state index contributed by atoms with van der Waals surface area (Å²) in [7, 11) is 4.10. The van der Waals surface area contributed by atoms with Crippen LogP contribution in [0.25, 0.3) is 16.3 Å². The molecule has 0 aliphatic rings. The number of rotatable bonds is 7. The highest BCUT2D eigenvalue weighted by Crippen LogP contribution is 2.32. The summed E-state index contributed by atoms with van der Waals surface area (Å²) in [6, 6.07) is 8.28. The Balaban J connectivity index is 0.00000280. The molecule has 0 atom stereocenters. The average molecular weight is 436 g/mol. The summed E-state index contributed by atoms with van der Waals surface area (Å²) in [6.07, 6.45) is 4.44. The molecule has 0 spiro atoms. The lowest BCUT2D eigenvalue weighted by Crippen LogP contribution is -2.32. The van der Waals surface area contributed by atoms with Crippen LogP contribution < -0.4 is 4.90 Å². The second-order valence-electron chi connectivity index (χ2n) is 6.92. The molecule has 150 valence electrons. The van der Waals surface area contributed by atoms with Crippen LogP contribution in [-0.2, 0) is 4.79 Å². The number of halogens is 1. The fraction of sp³-hybridized carbons (Fsp3) is 0.333. The number of hydrogen-bond acceptors (Lipinski definition) is 5. The number of anilines is 1. The number of hydrogen-bond donors (Lipinski definition) is 0. The predicted octanol–water partition coefficient (Wildman–Crippen LogP) is 5.39. The molecule has 1 aromatic carbocycles. The zero-order valence-electron chi connectivity index (χ0n) is 16.6. The zero-order chi connectivity index (χ0) is 19.4. The van der Waals surface area contributed by atoms with E-state index in [4.69, 9.17) is 4.98 Å². The van der Waals surface area contributed by atoms with Crippen LogP contribution >= 0.6 is 35.1 Å². The first kappa shape index (κ1) is 22.6. The van der Waals surface area contributed by atoms with Crippen LogP contribution in [0.2, 0.25) is 0 Å². The lowest BCUT2D eigenvalue weighted by Gasteiger charge is -2.19. The number of aromatic nitrogens is 1. The molecule has 3 aromatic rings. The fourth-order valence-corrected chi connectivity index (χ4v) is 4.74. The number of nitrogens with zero attached hydrogens (tertiary/aromatic N) is 3. The van der Waals surface area contributed by atoms with Crippen LogP contribution in [0, 0.1) is 13.8 Å². The van der Waals surface area contributed by atoms with Crippen molar-refractivity contribution in [1.82, 2.24) is 9.88 Å². The topological polar surface area (TPSA) is 36.4 Å². The lowest BCUT2D eigenvalue weighted by molar-refractivity contribution is -0.114. The quantitative estimate of drug-likeness (QED) is 0.466. The van der Waals surface area contributed by atoms with E-state index in [0.717, 1.165) is 38.8 Å². The van der Waals surface area contributed by atoms with E-state index in [1.807, 2.05) is 42.6 Å². The minimum atomic E-state index is -0.0180. The van der Waals surface area contributed by atoms with Crippen molar-refractivity contribution in [3.63, 3.8) is 0 Å². The van der Waals surface area contributed by atoms with Crippen molar-refractivity contribution in [1.29, 1.82) is 0 Å². The maximum absolute atomic E-state index is 12.9. The smallest absolute Gasteiger partial charge is 0.252 e. The molecule has 0 aliphatic carbocycles. The number of carbonyl (C=O) groups excluding carboxylic acids is 1. The number of fused-ring (bicyclic) bond motifs is 1. The second-order valence-corrected chi connectivity index (χ2v) is 8.91. The zero-order valence-corrected chi connectivity index (χ0v) is 19.1. The van der Waals surface area contributed by atoms with Gasteiger partial charge in [-0.3, -0.25) is 9.69 Å². The van der Waals surface area contributed by atoms with E-state index in [-0.39, 0.29) is 18.3 Å². The van der Waals surface area contributed by atoms with E-state index in [1.165, 1.54) is 5.56 Å². The van der Waals surface area contributed by atoms with Gasteiger partial charge in [-0.25, -0.2) is 4.98 Å². The second kappa shape index (κ2) is 10.2. The Morgan fingerprint density at radius 1 is 1.21 bits per heavy atom. The van der Waals surface area contributed by atoms with Gasteiger partial charge < -0.3 is 4.90 Å². The number of thiophene rings is 1. The van der Waals surface area contributed by atoms with Crippen LogP contribution in [-0.4, -0.2) is 43.0 Å². The van der Waals surface area contributed by atoms with E-state index in [9.17, 15) is 4.79 Å². The standard InChI is InChI=1S/C21H25N3OS2.ClH/c1-15-13-16(2)20-18(14-15)27-21(22-20)24(11-6-10-23(3)4)19(25)9-8-17-7-5-12-26-17;/h5,7-9,12-14H,6,10-11H2,1-4H3;1H. The summed E-state index contributed by atoms with van der Waals surface area (Å²) in [5.41, 5.74) is 3.37. The Morgan fingerprint density at radius 3 is 2.68 bits per heavy atom. The summed E-state index contributed by atoms with van der Waals surface area (Å²) >= 11 is 3.22. The van der Waals surface area contributed by atoms with Crippen molar-refractivity contribution < 1.29 is 4.79 Å². The molecule has 2 heterocycles. The number of amides is 1. The summed E-state index contributed by atoms with van der Waals surface area (Å²) in [5, 5.41) is 2.79. The van der Waals surface area contributed by atoms with Gasteiger partial charge in [0.2, 0.25) is 0 Å². The van der Waals surface area contributed by atoms with Crippen LogP contribution in [0.15, 0.2) is 35.7 Å². The molecule has 0 N–H and O–H groups in total. The molecule has 1 amide bonds. The number of aryl methyl sites for hydroxylation is 2. The molecule has 0 radical (unpaired) electrons. The third kappa shape index (κ3) is 5.64. The van der Waals surface area contributed by atoms with Crippen LogP contribution in [0.5, 0.6) is 0 Å². The van der Waals surface area contributed by atoms with Gasteiger partial charge in [0.1, 0.15) is 0 Å². The van der Waals surface area contributed by atoms with E-state index >= 15 is 0 Å². The summed E-state index contributed by atoms with van der Waals surface area (Å²) in [6.45, 7) is 5.76. The SMILES string of the molecule is Cc1cc(C)c2nc(N(CCCN(C)C)C(=O)C=Cc3cccs3)sc2c1.Cl. The molecule has 0 saturated heterocycles. The molecular formula is C21H26ClN3OS2. The number of benzene rings is 1. The Bertz CT molecular complexity index is 948. The van der Waals surface area contributed by atoms with E-state index < -0.39 is 0 Å². The first-order chi connectivity index (χ1) is 12.9. The van der Waals surface area contributed by atoms with Crippen molar-refractivity contribution in [2.24, 2.45) is 0 Å². The van der Waals surface area contributed by atoms with Crippen molar-refractivity contribution in [2.45, 2.75) is 20.3 Å². The summed E-state index contributed by atoms with van der Waals surface area (Å²) in [4.78, 5) is 22.8. The predicted molar refractivity (Wildman–Crippen MR) is 125 cm³/mol. The molecule has 0 bridgehead atoms. The maximum atomic E-state index is 12.9. The molecule has 0 unspecified atom stereocenters. The Labute approximate surface area is 180 Å². The van der Waals surface area contributed by atoms with Gasteiger partial charge in [-0.15, -0.1) is 23.7 Å². The summed E-state index contributed by atoms with van der Waals surface area (Å²) < 4.78 is 1.13. The van der Waals surface area contributed by atoms with Gasteiger partial charge >= 0.3 is 0 Å². The van der Waals surface area contributed by atoms with Crippen LogP contribution in [0.3, 0.4) is 0 Å². The molecule has 0 saturated carbocycles. The third-order valence-corrected chi connectivity index (χ3v) is 6.10. The largest absolute Gasteiger partial charge is 0.309 e. The fourth-order valence-electron chi connectivity index (χ4n) is 2.95. The molecule has 4 nitrogen and oxygen atoms in total. The van der Waals surface area contributed by atoms with Crippen molar-refractivity contribution in [2.75, 3.05) is 32.1 Å². The Morgan fingerprint density at radius 2 is 2.00 bits per heavy atom. The van der Waals surface area contributed by atoms with Crippen molar-refractivity contribution in [3.8, 4) is 0 Å². The van der Waals surface area contributed by atoms with Gasteiger partial charge in [-0.05, 0) is 75.6 Å². The average Bonchev–Trinajstić information content (AvgIpc) is 3.25. The third-order valence-electron chi connectivity index (χ3n) is 4.24. The van der Waals surface area contributed by atoms with E-state index in [2.05, 4.69) is 30.9 Å². The van der Waals surface area contributed by atoms with Gasteiger partial charge in [-0.2, -0.15) is 0 Å². The Kier molecular flexibility index (Phi) is 8.19. The molecule has 0 aliphatic heterocycles. The molecule has 2 aromatic heterocycles. The maximum Gasteiger partial charge on any atom is 0.252 e. The highest BCUT2D eigenvalue weighted by Gasteiger charge is 2.18. The van der Waals surface area contributed by atoms with Gasteiger partial charge in [-0.1, -0.05) is 23.5 Å². The van der Waals surface area contributed by atoms with Crippen LogP contribution in [0.1, 0.15) is 22.4 Å². The molecular weight excluding hydrogens is 410 g/mol. The highest BCUT2D eigenvalue weighted by molar-refractivity contribution is 7.22. The van der Waals surface area contributed by atoms with Gasteiger partial charge in [0.25, 0.3) is 5.91 Å². The van der Waals surface area contributed by atoms with E-state index in [1.54, 1.807) is 28.7 Å². The van der Waals surface area contributed by atoms with Gasteiger partial charge in [0.15, 0.2) is 5.13 Å². The normalized spacial score (nSPS) is 11.3. The molecule has 28 heavy (non-hydrogen) atoms. The van der Waals surface area contributed by atoms with E-state index in [0.29, 0.717) is 6.54 Å². The molecule has 3 rings (SSSR count). The minimum absolute atomic E-state index is 0. The van der Waals surface area contributed by atoms with Crippen molar-refractivity contribution >= 4 is 62.4 Å². The monoisotopic (exact) mass is 435 g/mol. The highest BCUT2D eigenvalue weighted by atomic mass is 35.5. The van der Waals surface area contributed by atoms with Gasteiger partial charge in [0.05, 0.1) is 10.2 Å². The van der Waals surface area contributed by atoms with Gasteiger partial charge in [0, 0.05) is 17.5 Å². The minimum Gasteiger partial charge on any atom is -0.309 e. The van der Waals surface area contributed by atoms with Crippen molar-refractivity contribution in [3.05, 3.63) is 51.7 Å².